The van der Waals surface area contributed by atoms with Crippen molar-refractivity contribution in [1.29, 1.82) is 0 Å². The van der Waals surface area contributed by atoms with E-state index in [0.29, 0.717) is 6.04 Å². The second-order valence-corrected chi connectivity index (χ2v) is 8.88. The van der Waals surface area contributed by atoms with Gasteiger partial charge in [-0.05, 0) is 63.1 Å². The molecule has 0 saturated carbocycles. The van der Waals surface area contributed by atoms with Crippen molar-refractivity contribution < 1.29 is 5.11 Å². The second-order valence-electron chi connectivity index (χ2n) is 8.44. The molecule has 1 heterocycles. The fourth-order valence-corrected chi connectivity index (χ4v) is 3.68. The molecule has 0 radical (unpaired) electrons. The number of piperidine rings is 1. The maximum Gasteiger partial charge on any atom is 0.0644 e. The van der Waals surface area contributed by atoms with Crippen molar-refractivity contribution in [2.45, 2.75) is 70.9 Å². The summed E-state index contributed by atoms with van der Waals surface area (Å²) in [5.74, 6) is 0. The van der Waals surface area contributed by atoms with E-state index >= 15 is 0 Å². The third kappa shape index (κ3) is 5.34. The lowest BCUT2D eigenvalue weighted by Crippen LogP contribution is -2.48. The van der Waals surface area contributed by atoms with Crippen LogP contribution in [0.5, 0.6) is 0 Å². The van der Waals surface area contributed by atoms with Gasteiger partial charge in [0.2, 0.25) is 0 Å². The molecule has 1 N–H and O–H groups in total. The summed E-state index contributed by atoms with van der Waals surface area (Å²) in [6, 6.07) is 8.64. The van der Waals surface area contributed by atoms with Crippen molar-refractivity contribution >= 4 is 11.6 Å². The van der Waals surface area contributed by atoms with Gasteiger partial charge in [-0.25, -0.2) is 0 Å². The summed E-state index contributed by atoms with van der Waals surface area (Å²) in [4.78, 5) is 2.53. The molecule has 0 spiro atoms. The van der Waals surface area contributed by atoms with Crippen LogP contribution >= 0.6 is 11.6 Å². The number of likely N-dealkylation sites (tertiary alicyclic amines) is 1. The molecule has 1 aliphatic rings. The van der Waals surface area contributed by atoms with Gasteiger partial charge in [0, 0.05) is 24.2 Å². The zero-order valence-corrected chi connectivity index (χ0v) is 16.5. The lowest BCUT2D eigenvalue weighted by atomic mass is 9.78. The Bertz CT molecular complexity index is 560. The summed E-state index contributed by atoms with van der Waals surface area (Å²) in [6.45, 7) is 12.8. The first-order chi connectivity index (χ1) is 11.1. The van der Waals surface area contributed by atoms with Crippen molar-refractivity contribution in [2.75, 3.05) is 13.1 Å². The Morgan fingerprint density at radius 2 is 1.79 bits per heavy atom. The molecule has 1 aromatic carbocycles. The number of rotatable bonds is 5. The van der Waals surface area contributed by atoms with Crippen molar-refractivity contribution in [3.63, 3.8) is 0 Å². The van der Waals surface area contributed by atoms with Gasteiger partial charge in [-0.2, -0.15) is 0 Å². The smallest absolute Gasteiger partial charge is 0.0644 e. The number of nitrogens with zero attached hydrogens (tertiary/aromatic N) is 1. The predicted octanol–water partition coefficient (Wildman–Crippen LogP) is 5.19. The first kappa shape index (κ1) is 19.5. The highest BCUT2D eigenvalue weighted by Gasteiger charge is 2.33. The van der Waals surface area contributed by atoms with Gasteiger partial charge < -0.3 is 5.11 Å². The SMILES string of the molecule is CC(C)=CC(CC(C)(C)c1ccc(Cl)cc1)N1CCC(C)(O)CC1. The van der Waals surface area contributed by atoms with Gasteiger partial charge in [0.05, 0.1) is 5.60 Å². The molecule has 1 fully saturated rings. The van der Waals surface area contributed by atoms with Crippen LogP contribution in [0.15, 0.2) is 35.9 Å². The van der Waals surface area contributed by atoms with Crippen molar-refractivity contribution in [3.8, 4) is 0 Å². The van der Waals surface area contributed by atoms with E-state index in [2.05, 4.69) is 50.8 Å². The van der Waals surface area contributed by atoms with Crippen LogP contribution in [0.1, 0.15) is 59.4 Å². The highest BCUT2D eigenvalue weighted by Crippen LogP contribution is 2.33. The summed E-state index contributed by atoms with van der Waals surface area (Å²) in [7, 11) is 0. The molecular weight excluding hydrogens is 318 g/mol. The predicted molar refractivity (Wildman–Crippen MR) is 104 cm³/mol. The van der Waals surface area contributed by atoms with E-state index in [1.807, 2.05) is 19.1 Å². The molecule has 134 valence electrons. The number of aliphatic hydroxyl groups is 1. The van der Waals surface area contributed by atoms with E-state index in [9.17, 15) is 5.11 Å². The van der Waals surface area contributed by atoms with Crippen LogP contribution < -0.4 is 0 Å². The lowest BCUT2D eigenvalue weighted by molar-refractivity contribution is -0.0140. The summed E-state index contributed by atoms with van der Waals surface area (Å²) in [5.41, 5.74) is 2.24. The highest BCUT2D eigenvalue weighted by molar-refractivity contribution is 6.30. The monoisotopic (exact) mass is 349 g/mol. The minimum absolute atomic E-state index is 0.0706. The molecular formula is C21H32ClNO. The average Bonchev–Trinajstić information content (AvgIpc) is 2.46. The Kier molecular flexibility index (Phi) is 6.17. The van der Waals surface area contributed by atoms with E-state index in [1.165, 1.54) is 11.1 Å². The van der Waals surface area contributed by atoms with E-state index in [0.717, 1.165) is 37.4 Å². The first-order valence-electron chi connectivity index (χ1n) is 8.97. The van der Waals surface area contributed by atoms with E-state index in [1.54, 1.807) is 0 Å². The standard InChI is InChI=1S/C21H32ClNO/c1-16(2)14-19(23-12-10-21(5,24)11-13-23)15-20(3,4)17-6-8-18(22)9-7-17/h6-9,14,19,24H,10-13,15H2,1-5H3. The normalized spacial score (nSPS) is 19.8. The Hall–Kier alpha value is -0.830. The van der Waals surface area contributed by atoms with Crippen molar-refractivity contribution in [1.82, 2.24) is 4.90 Å². The highest BCUT2D eigenvalue weighted by atomic mass is 35.5. The third-order valence-electron chi connectivity index (χ3n) is 5.22. The number of hydrogen-bond donors (Lipinski definition) is 1. The Morgan fingerprint density at radius 3 is 2.29 bits per heavy atom. The number of hydrogen-bond acceptors (Lipinski definition) is 2. The topological polar surface area (TPSA) is 23.5 Å². The molecule has 3 heteroatoms. The number of allylic oxidation sites excluding steroid dienone is 1. The van der Waals surface area contributed by atoms with Gasteiger partial charge in [0.15, 0.2) is 0 Å². The molecule has 1 saturated heterocycles. The molecule has 0 amide bonds. The molecule has 2 nitrogen and oxygen atoms in total. The third-order valence-corrected chi connectivity index (χ3v) is 5.47. The van der Waals surface area contributed by atoms with Crippen molar-refractivity contribution in [2.24, 2.45) is 0 Å². The molecule has 1 atom stereocenters. The maximum absolute atomic E-state index is 10.2. The van der Waals surface area contributed by atoms with Crippen LogP contribution in [-0.4, -0.2) is 34.7 Å². The van der Waals surface area contributed by atoms with Gasteiger partial charge in [-0.15, -0.1) is 0 Å². The Morgan fingerprint density at radius 1 is 1.25 bits per heavy atom. The van der Waals surface area contributed by atoms with Crippen LogP contribution in [0.25, 0.3) is 0 Å². The summed E-state index contributed by atoms with van der Waals surface area (Å²) in [5, 5.41) is 11.0. The molecule has 0 aromatic heterocycles. The second kappa shape index (κ2) is 7.59. The van der Waals surface area contributed by atoms with E-state index < -0.39 is 5.60 Å². The van der Waals surface area contributed by atoms with Gasteiger partial charge >= 0.3 is 0 Å². The molecule has 0 bridgehead atoms. The Balaban J connectivity index is 2.16. The minimum Gasteiger partial charge on any atom is -0.390 e. The fourth-order valence-electron chi connectivity index (χ4n) is 3.56. The number of halogens is 1. The molecule has 2 rings (SSSR count). The Labute approximate surface area is 152 Å². The molecule has 1 aromatic rings. The van der Waals surface area contributed by atoms with E-state index in [4.69, 9.17) is 11.6 Å². The van der Waals surface area contributed by atoms with Crippen LogP contribution in [-0.2, 0) is 5.41 Å². The minimum atomic E-state index is -0.502. The van der Waals surface area contributed by atoms with E-state index in [-0.39, 0.29) is 5.41 Å². The van der Waals surface area contributed by atoms with Crippen LogP contribution in [0.4, 0.5) is 0 Å². The molecule has 1 aliphatic heterocycles. The largest absolute Gasteiger partial charge is 0.390 e. The molecule has 24 heavy (non-hydrogen) atoms. The first-order valence-corrected chi connectivity index (χ1v) is 9.34. The summed E-state index contributed by atoms with van der Waals surface area (Å²) >= 11 is 6.04. The van der Waals surface area contributed by atoms with Gasteiger partial charge in [0.25, 0.3) is 0 Å². The molecule has 0 aliphatic carbocycles. The zero-order chi connectivity index (χ0) is 18.0. The zero-order valence-electron chi connectivity index (χ0n) is 15.8. The lowest BCUT2D eigenvalue weighted by Gasteiger charge is -2.42. The fraction of sp³-hybridized carbons (Fsp3) is 0.619. The van der Waals surface area contributed by atoms with Gasteiger partial charge in [0.1, 0.15) is 0 Å². The molecule has 1 unspecified atom stereocenters. The average molecular weight is 350 g/mol. The number of benzene rings is 1. The van der Waals surface area contributed by atoms with Crippen molar-refractivity contribution in [3.05, 3.63) is 46.5 Å². The quantitative estimate of drug-likeness (QED) is 0.739. The van der Waals surface area contributed by atoms with Crippen LogP contribution in [0, 0.1) is 0 Å². The van der Waals surface area contributed by atoms with Gasteiger partial charge in [-0.3, -0.25) is 4.90 Å². The summed E-state index contributed by atoms with van der Waals surface area (Å²) < 4.78 is 0. The summed E-state index contributed by atoms with van der Waals surface area (Å²) in [6.07, 6.45) is 5.14. The van der Waals surface area contributed by atoms with Crippen LogP contribution in [0.2, 0.25) is 5.02 Å². The van der Waals surface area contributed by atoms with Gasteiger partial charge in [-0.1, -0.05) is 49.2 Å². The maximum atomic E-state index is 10.2. The van der Waals surface area contributed by atoms with Crippen LogP contribution in [0.3, 0.4) is 0 Å².